The van der Waals surface area contributed by atoms with Crippen LogP contribution in [-0.4, -0.2) is 52.9 Å². The zero-order valence-electron chi connectivity index (χ0n) is 16.1. The van der Waals surface area contributed by atoms with E-state index in [9.17, 15) is 14.2 Å². The van der Waals surface area contributed by atoms with Gasteiger partial charge in [0.2, 0.25) is 13.3 Å². The van der Waals surface area contributed by atoms with Crippen LogP contribution in [0.3, 0.4) is 0 Å². The maximum Gasteiger partial charge on any atom is 0.327 e. The molecule has 0 radical (unpaired) electrons. The lowest BCUT2D eigenvalue weighted by atomic mass is 10.2. The van der Waals surface area contributed by atoms with Gasteiger partial charge in [-0.25, -0.2) is 4.79 Å². The minimum absolute atomic E-state index is 0.162. The summed E-state index contributed by atoms with van der Waals surface area (Å²) in [6.07, 6.45) is 2.96. The lowest BCUT2D eigenvalue weighted by Crippen LogP contribution is -2.42. The van der Waals surface area contributed by atoms with Gasteiger partial charge in [0.1, 0.15) is 10.4 Å². The number of unbranched alkanes of at least 4 members (excludes halogenated alkanes) is 2. The van der Waals surface area contributed by atoms with Crippen LogP contribution < -0.4 is 15.9 Å². The first kappa shape index (κ1) is 24.6. The summed E-state index contributed by atoms with van der Waals surface area (Å²) in [7, 11) is -1.32. The van der Waals surface area contributed by atoms with Crippen molar-refractivity contribution in [3.63, 3.8) is 0 Å². The fourth-order valence-electron chi connectivity index (χ4n) is 2.42. The van der Waals surface area contributed by atoms with Crippen LogP contribution in [0.1, 0.15) is 26.2 Å². The van der Waals surface area contributed by atoms with E-state index < -0.39 is 25.3 Å². The average molecular weight is 447 g/mol. The van der Waals surface area contributed by atoms with Crippen LogP contribution in [0.2, 0.25) is 0 Å². The molecule has 0 aromatic heterocycles. The van der Waals surface area contributed by atoms with Gasteiger partial charge in [-0.1, -0.05) is 48.6 Å². The van der Waals surface area contributed by atoms with Crippen LogP contribution in [0, 0.1) is 0 Å². The third kappa shape index (κ3) is 9.19. The molecule has 3 N–H and O–H groups in total. The van der Waals surface area contributed by atoms with Gasteiger partial charge in [-0.05, 0) is 25.0 Å². The van der Waals surface area contributed by atoms with Gasteiger partial charge in [0.15, 0.2) is 0 Å². The zero-order chi connectivity index (χ0) is 21.0. The van der Waals surface area contributed by atoms with Crippen molar-refractivity contribution in [2.24, 2.45) is 0 Å². The van der Waals surface area contributed by atoms with Gasteiger partial charge in [-0.2, -0.15) is 0 Å². The Balaban J connectivity index is 2.24. The molecule has 0 bridgehead atoms. The van der Waals surface area contributed by atoms with Crippen LogP contribution in [0.5, 0.6) is 0 Å². The molecule has 28 heavy (non-hydrogen) atoms. The summed E-state index contributed by atoms with van der Waals surface area (Å²) in [5, 5.41) is 15.2. The molecule has 1 unspecified atom stereocenters. The number of hydrogen-bond donors (Lipinski definition) is 3. The third-order valence-corrected chi connectivity index (χ3v) is 7.88. The summed E-state index contributed by atoms with van der Waals surface area (Å²) in [6, 6.07) is 8.27. The molecule has 7 nitrogen and oxygen atoms in total. The number of amides is 1. The highest BCUT2D eigenvalue weighted by molar-refractivity contribution is 8.23. The summed E-state index contributed by atoms with van der Waals surface area (Å²) < 4.78 is 18.7. The van der Waals surface area contributed by atoms with Crippen molar-refractivity contribution in [1.29, 1.82) is 0 Å². The van der Waals surface area contributed by atoms with Crippen molar-refractivity contribution in [2.75, 3.05) is 25.6 Å². The molecule has 0 aliphatic rings. The van der Waals surface area contributed by atoms with E-state index >= 15 is 0 Å². The molecule has 1 amide bonds. The SMILES string of the molecule is COP(=O)(CCCCCNC(=S)SC[C@H](NC(C)=O)C(=O)O)c1ccccc1. The average Bonchev–Trinajstić information content (AvgIpc) is 2.67. The molecule has 0 aliphatic heterocycles. The van der Waals surface area contributed by atoms with E-state index in [1.807, 2.05) is 30.3 Å². The number of carboxylic acid groups (broad SMARTS) is 1. The van der Waals surface area contributed by atoms with Crippen molar-refractivity contribution in [3.8, 4) is 0 Å². The second-order valence-electron chi connectivity index (χ2n) is 6.09. The van der Waals surface area contributed by atoms with Crippen molar-refractivity contribution in [1.82, 2.24) is 10.6 Å². The van der Waals surface area contributed by atoms with Crippen LogP contribution >= 0.6 is 31.3 Å². The summed E-state index contributed by atoms with van der Waals surface area (Å²) in [6.45, 7) is 1.92. The highest BCUT2D eigenvalue weighted by Crippen LogP contribution is 2.45. The van der Waals surface area contributed by atoms with E-state index in [1.165, 1.54) is 25.8 Å². The Kier molecular flexibility index (Phi) is 11.4. The minimum atomic E-state index is -2.80. The number of carbonyl (C=O) groups excluding carboxylic acids is 1. The van der Waals surface area contributed by atoms with Crippen LogP contribution in [-0.2, 0) is 18.7 Å². The monoisotopic (exact) mass is 446 g/mol. The minimum Gasteiger partial charge on any atom is -0.480 e. The second-order valence-corrected chi connectivity index (χ2v) is 10.5. The Labute approximate surface area is 175 Å². The van der Waals surface area contributed by atoms with E-state index in [0.717, 1.165) is 24.6 Å². The summed E-state index contributed by atoms with van der Waals surface area (Å²) in [5.41, 5.74) is 0. The largest absolute Gasteiger partial charge is 0.480 e. The Morgan fingerprint density at radius 3 is 2.50 bits per heavy atom. The fraction of sp³-hybridized carbons (Fsp3) is 0.500. The smallest absolute Gasteiger partial charge is 0.327 e. The molecule has 10 heteroatoms. The predicted octanol–water partition coefficient (Wildman–Crippen LogP) is 2.60. The van der Waals surface area contributed by atoms with E-state index in [0.29, 0.717) is 17.0 Å². The van der Waals surface area contributed by atoms with E-state index in [-0.39, 0.29) is 5.75 Å². The molecule has 1 aromatic rings. The maximum absolute atomic E-state index is 12.9. The van der Waals surface area contributed by atoms with Gasteiger partial charge >= 0.3 is 5.97 Å². The standard InChI is InChI=1S/C18H27N2O5PS2/c1-14(21)20-16(17(22)23)13-28-18(27)19-11-7-4-8-12-26(24,25-2)15-9-5-3-6-10-15/h3,5-6,9-10,16H,4,7-8,11-13H2,1-2H3,(H,19,27)(H,20,21)(H,22,23)/t16-,26?/m0/s1. The molecule has 2 atom stereocenters. The van der Waals surface area contributed by atoms with Crippen molar-refractivity contribution < 1.29 is 23.8 Å². The van der Waals surface area contributed by atoms with E-state index in [4.69, 9.17) is 21.8 Å². The lowest BCUT2D eigenvalue weighted by Gasteiger charge is -2.16. The van der Waals surface area contributed by atoms with Crippen LogP contribution in [0.15, 0.2) is 30.3 Å². The molecule has 0 aliphatic carbocycles. The van der Waals surface area contributed by atoms with Gasteiger partial charge in [0, 0.05) is 37.8 Å². The number of thioether (sulfide) groups is 1. The molecule has 0 fully saturated rings. The van der Waals surface area contributed by atoms with Gasteiger partial charge in [-0.3, -0.25) is 9.36 Å². The summed E-state index contributed by atoms with van der Waals surface area (Å²) >= 11 is 6.36. The first-order valence-corrected chi connectivity index (χ1v) is 12.1. The third-order valence-electron chi connectivity index (χ3n) is 3.90. The van der Waals surface area contributed by atoms with Crippen molar-refractivity contribution in [3.05, 3.63) is 30.3 Å². The molecule has 0 saturated carbocycles. The van der Waals surface area contributed by atoms with Gasteiger partial charge in [0.25, 0.3) is 0 Å². The molecular weight excluding hydrogens is 419 g/mol. The number of carbonyl (C=O) groups is 2. The first-order chi connectivity index (χ1) is 13.3. The number of thiocarbonyl (C=S) groups is 1. The quantitative estimate of drug-likeness (QED) is 0.256. The Morgan fingerprint density at radius 1 is 1.25 bits per heavy atom. The number of rotatable bonds is 12. The van der Waals surface area contributed by atoms with Crippen molar-refractivity contribution in [2.45, 2.75) is 32.2 Å². The van der Waals surface area contributed by atoms with Crippen LogP contribution in [0.4, 0.5) is 0 Å². The Hall–Kier alpha value is -1.41. The second kappa shape index (κ2) is 12.9. The molecule has 0 spiro atoms. The number of benzene rings is 1. The van der Waals surface area contributed by atoms with E-state index in [1.54, 1.807) is 0 Å². The van der Waals surface area contributed by atoms with Gasteiger partial charge in [-0.15, -0.1) is 0 Å². The number of nitrogens with one attached hydrogen (secondary N) is 2. The van der Waals surface area contributed by atoms with Crippen molar-refractivity contribution >= 4 is 52.9 Å². The molecule has 0 saturated heterocycles. The normalized spacial score (nSPS) is 13.9. The number of carboxylic acids is 1. The maximum atomic E-state index is 12.9. The topological polar surface area (TPSA) is 105 Å². The molecule has 1 rings (SSSR count). The summed E-state index contributed by atoms with van der Waals surface area (Å²) in [5.74, 6) is -1.32. The number of aliphatic carboxylic acids is 1. The predicted molar refractivity (Wildman–Crippen MR) is 118 cm³/mol. The fourth-order valence-corrected chi connectivity index (χ4v) is 5.40. The number of hydrogen-bond acceptors (Lipinski definition) is 6. The molecule has 156 valence electrons. The highest BCUT2D eigenvalue weighted by Gasteiger charge is 2.23. The lowest BCUT2D eigenvalue weighted by molar-refractivity contribution is -0.140. The van der Waals surface area contributed by atoms with Crippen LogP contribution in [0.25, 0.3) is 0 Å². The molecule has 1 aromatic carbocycles. The Bertz CT molecular complexity index is 702. The van der Waals surface area contributed by atoms with Gasteiger partial charge in [0.05, 0.1) is 0 Å². The van der Waals surface area contributed by atoms with Gasteiger partial charge < -0.3 is 20.3 Å². The Morgan fingerprint density at radius 2 is 1.93 bits per heavy atom. The molecule has 0 heterocycles. The highest BCUT2D eigenvalue weighted by atomic mass is 32.2. The zero-order valence-corrected chi connectivity index (χ0v) is 18.6. The summed E-state index contributed by atoms with van der Waals surface area (Å²) in [4.78, 5) is 22.1. The first-order valence-electron chi connectivity index (χ1n) is 8.89. The van der Waals surface area contributed by atoms with E-state index in [2.05, 4.69) is 10.6 Å². The molecular formula is C18H27N2O5PS2.